The summed E-state index contributed by atoms with van der Waals surface area (Å²) in [6.45, 7) is 1.79. The maximum absolute atomic E-state index is 12.0. The van der Waals surface area contributed by atoms with Crippen LogP contribution in [-0.4, -0.2) is 11.6 Å². The molecular weight excluding hydrogens is 340 g/mol. The maximum atomic E-state index is 12.0. The Morgan fingerprint density at radius 3 is 2.35 bits per heavy atom. The predicted molar refractivity (Wildman–Crippen MR) is 85.3 cm³/mol. The third-order valence-corrected chi connectivity index (χ3v) is 3.73. The largest absolute Gasteiger partial charge is 0.272 e. The van der Waals surface area contributed by atoms with Crippen LogP contribution in [0.2, 0.25) is 5.02 Å². The molecule has 102 valence electrons. The molecule has 0 fully saturated rings. The van der Waals surface area contributed by atoms with Crippen LogP contribution in [0.25, 0.3) is 0 Å². The minimum absolute atomic E-state index is 0.274. The monoisotopic (exact) mass is 350 g/mol. The highest BCUT2D eigenvalue weighted by molar-refractivity contribution is 9.10. The average molecular weight is 352 g/mol. The zero-order valence-electron chi connectivity index (χ0n) is 10.7. The number of carbonyl (C=O) groups excluding carboxylic acids is 1. The summed E-state index contributed by atoms with van der Waals surface area (Å²) in [5, 5.41) is 4.69. The zero-order chi connectivity index (χ0) is 14.5. The fraction of sp³-hybridized carbons (Fsp3) is 0.0667. The van der Waals surface area contributed by atoms with E-state index < -0.39 is 0 Å². The van der Waals surface area contributed by atoms with Crippen LogP contribution in [0.4, 0.5) is 0 Å². The lowest BCUT2D eigenvalue weighted by Crippen LogP contribution is -2.19. The van der Waals surface area contributed by atoms with Crippen molar-refractivity contribution in [1.29, 1.82) is 0 Å². The molecule has 0 aliphatic heterocycles. The standard InChI is InChI=1S/C15H12BrClN2O/c1-10(11-6-3-5-9-14(11)17)18-19-15(20)12-7-2-4-8-13(12)16/h2-9H,1H3,(H,19,20). The molecular formula is C15H12BrClN2O. The highest BCUT2D eigenvalue weighted by Gasteiger charge is 2.09. The molecule has 0 saturated heterocycles. The van der Waals surface area contributed by atoms with E-state index in [-0.39, 0.29) is 5.91 Å². The van der Waals surface area contributed by atoms with E-state index in [0.29, 0.717) is 16.3 Å². The molecule has 0 aromatic heterocycles. The molecule has 0 bridgehead atoms. The molecule has 0 aliphatic rings. The average Bonchev–Trinajstić information content (AvgIpc) is 2.45. The summed E-state index contributed by atoms with van der Waals surface area (Å²) < 4.78 is 0.725. The Kier molecular flexibility index (Phi) is 4.93. The number of nitrogens with zero attached hydrogens (tertiary/aromatic N) is 1. The molecule has 0 atom stereocenters. The van der Waals surface area contributed by atoms with Crippen LogP contribution in [0, 0.1) is 0 Å². The van der Waals surface area contributed by atoms with Gasteiger partial charge in [0.05, 0.1) is 11.3 Å². The molecule has 2 aromatic rings. The highest BCUT2D eigenvalue weighted by Crippen LogP contribution is 2.17. The van der Waals surface area contributed by atoms with Gasteiger partial charge in [-0.15, -0.1) is 0 Å². The Morgan fingerprint density at radius 1 is 1.10 bits per heavy atom. The third kappa shape index (κ3) is 3.46. The SMILES string of the molecule is CC(=NNC(=O)c1ccccc1Br)c1ccccc1Cl. The van der Waals surface area contributed by atoms with Gasteiger partial charge in [0.1, 0.15) is 0 Å². The summed E-state index contributed by atoms with van der Waals surface area (Å²) in [6.07, 6.45) is 0. The molecule has 0 spiro atoms. The topological polar surface area (TPSA) is 41.5 Å². The molecule has 0 unspecified atom stereocenters. The van der Waals surface area contributed by atoms with Gasteiger partial charge in [-0.2, -0.15) is 5.10 Å². The summed E-state index contributed by atoms with van der Waals surface area (Å²) >= 11 is 9.41. The number of nitrogens with one attached hydrogen (secondary N) is 1. The minimum Gasteiger partial charge on any atom is -0.267 e. The summed E-state index contributed by atoms with van der Waals surface area (Å²) in [7, 11) is 0. The number of carbonyl (C=O) groups is 1. The van der Waals surface area contributed by atoms with Crippen molar-refractivity contribution in [3.63, 3.8) is 0 Å². The number of hydrazone groups is 1. The van der Waals surface area contributed by atoms with E-state index in [1.165, 1.54) is 0 Å². The van der Waals surface area contributed by atoms with Gasteiger partial charge >= 0.3 is 0 Å². The Labute approximate surface area is 130 Å². The van der Waals surface area contributed by atoms with Crippen LogP contribution >= 0.6 is 27.5 Å². The Hall–Kier alpha value is -1.65. The first-order chi connectivity index (χ1) is 9.59. The van der Waals surface area contributed by atoms with Gasteiger partial charge in [0.2, 0.25) is 0 Å². The number of halogens is 2. The Morgan fingerprint density at radius 2 is 1.70 bits per heavy atom. The molecule has 2 aromatic carbocycles. The van der Waals surface area contributed by atoms with Crippen molar-refractivity contribution < 1.29 is 4.79 Å². The quantitative estimate of drug-likeness (QED) is 0.651. The smallest absolute Gasteiger partial charge is 0.267 e. The third-order valence-electron chi connectivity index (χ3n) is 2.71. The lowest BCUT2D eigenvalue weighted by atomic mass is 10.1. The molecule has 3 nitrogen and oxygen atoms in total. The first-order valence-corrected chi connectivity index (χ1v) is 7.10. The van der Waals surface area contributed by atoms with Crippen molar-refractivity contribution >= 4 is 39.1 Å². The van der Waals surface area contributed by atoms with Crippen molar-refractivity contribution in [2.45, 2.75) is 6.92 Å². The normalized spacial score (nSPS) is 11.2. The summed E-state index contributed by atoms with van der Waals surface area (Å²) in [4.78, 5) is 12.0. The van der Waals surface area contributed by atoms with E-state index in [2.05, 4.69) is 26.5 Å². The second kappa shape index (κ2) is 6.68. The van der Waals surface area contributed by atoms with Crippen LogP contribution in [0.15, 0.2) is 58.1 Å². The lowest BCUT2D eigenvalue weighted by molar-refractivity contribution is 0.0954. The molecule has 1 N–H and O–H groups in total. The van der Waals surface area contributed by atoms with E-state index in [1.807, 2.05) is 24.3 Å². The Bertz CT molecular complexity index is 670. The number of hydrogen-bond acceptors (Lipinski definition) is 2. The molecule has 0 saturated carbocycles. The second-order valence-electron chi connectivity index (χ2n) is 4.10. The minimum atomic E-state index is -0.274. The van der Waals surface area contributed by atoms with Crippen LogP contribution in [0.5, 0.6) is 0 Å². The molecule has 2 rings (SSSR count). The van der Waals surface area contributed by atoms with Crippen LogP contribution < -0.4 is 5.43 Å². The van der Waals surface area contributed by atoms with Crippen molar-refractivity contribution in [3.8, 4) is 0 Å². The van der Waals surface area contributed by atoms with Crippen molar-refractivity contribution in [3.05, 3.63) is 69.2 Å². The van der Waals surface area contributed by atoms with E-state index in [9.17, 15) is 4.79 Å². The number of amides is 1. The van der Waals surface area contributed by atoms with Crippen LogP contribution in [0.3, 0.4) is 0 Å². The predicted octanol–water partition coefficient (Wildman–Crippen LogP) is 4.26. The second-order valence-corrected chi connectivity index (χ2v) is 5.36. The fourth-order valence-corrected chi connectivity index (χ4v) is 2.39. The van der Waals surface area contributed by atoms with E-state index in [4.69, 9.17) is 11.6 Å². The van der Waals surface area contributed by atoms with Gasteiger partial charge in [0, 0.05) is 15.1 Å². The zero-order valence-corrected chi connectivity index (χ0v) is 13.1. The van der Waals surface area contributed by atoms with Crippen molar-refractivity contribution in [2.24, 2.45) is 5.10 Å². The van der Waals surface area contributed by atoms with E-state index >= 15 is 0 Å². The molecule has 0 radical (unpaired) electrons. The van der Waals surface area contributed by atoms with Crippen LogP contribution in [0.1, 0.15) is 22.8 Å². The Balaban J connectivity index is 2.16. The number of hydrogen-bond donors (Lipinski definition) is 1. The number of rotatable bonds is 3. The van der Waals surface area contributed by atoms with Crippen LogP contribution in [-0.2, 0) is 0 Å². The molecule has 0 aliphatic carbocycles. The highest BCUT2D eigenvalue weighted by atomic mass is 79.9. The van der Waals surface area contributed by atoms with E-state index in [1.54, 1.807) is 31.2 Å². The van der Waals surface area contributed by atoms with E-state index in [0.717, 1.165) is 10.0 Å². The fourth-order valence-electron chi connectivity index (χ4n) is 1.66. The van der Waals surface area contributed by atoms with Crippen molar-refractivity contribution in [1.82, 2.24) is 5.43 Å². The lowest BCUT2D eigenvalue weighted by Gasteiger charge is -2.05. The first kappa shape index (κ1) is 14.8. The van der Waals surface area contributed by atoms with Gasteiger partial charge in [-0.3, -0.25) is 4.79 Å². The molecule has 5 heteroatoms. The van der Waals surface area contributed by atoms with Gasteiger partial charge in [0.25, 0.3) is 5.91 Å². The molecule has 1 amide bonds. The maximum Gasteiger partial charge on any atom is 0.272 e. The summed E-state index contributed by atoms with van der Waals surface area (Å²) in [6, 6.07) is 14.5. The summed E-state index contributed by atoms with van der Waals surface area (Å²) in [5.41, 5.74) is 4.50. The van der Waals surface area contributed by atoms with Gasteiger partial charge in [0.15, 0.2) is 0 Å². The molecule has 0 heterocycles. The summed E-state index contributed by atoms with van der Waals surface area (Å²) in [5.74, 6) is -0.274. The van der Waals surface area contributed by atoms with Crippen molar-refractivity contribution in [2.75, 3.05) is 0 Å². The van der Waals surface area contributed by atoms with Gasteiger partial charge in [-0.05, 0) is 41.1 Å². The van der Waals surface area contributed by atoms with Gasteiger partial charge < -0.3 is 0 Å². The van der Waals surface area contributed by atoms with Gasteiger partial charge in [-0.1, -0.05) is 41.9 Å². The van der Waals surface area contributed by atoms with Gasteiger partial charge in [-0.25, -0.2) is 5.43 Å². The first-order valence-electron chi connectivity index (χ1n) is 5.93. The molecule has 20 heavy (non-hydrogen) atoms. The number of benzene rings is 2.